The lowest BCUT2D eigenvalue weighted by molar-refractivity contribution is 0.415. The van der Waals surface area contributed by atoms with E-state index in [4.69, 9.17) is 4.74 Å². The summed E-state index contributed by atoms with van der Waals surface area (Å²) in [6, 6.07) is 30.5. The summed E-state index contributed by atoms with van der Waals surface area (Å²) in [5.74, 6) is 0.909. The second-order valence-corrected chi connectivity index (χ2v) is 11.6. The van der Waals surface area contributed by atoms with E-state index in [0.29, 0.717) is 0 Å². The molecule has 3 rings (SSSR count). The highest BCUT2D eigenvalue weighted by molar-refractivity contribution is 14.1. The molecule has 0 bridgehead atoms. The lowest BCUT2D eigenvalue weighted by Gasteiger charge is -2.32. The third kappa shape index (κ3) is 3.08. The van der Waals surface area contributed by atoms with Crippen LogP contribution in [0.2, 0.25) is 0 Å². The highest BCUT2D eigenvalue weighted by Crippen LogP contribution is 2.14. The predicted octanol–water partition coefficient (Wildman–Crippen LogP) is 3.14. The van der Waals surface area contributed by atoms with Crippen LogP contribution in [-0.4, -0.2) is 19.2 Å². The highest BCUT2D eigenvalue weighted by Gasteiger charge is 2.38. The Balaban J connectivity index is 2.24. The Labute approximate surface area is 152 Å². The first-order valence-corrected chi connectivity index (χ1v) is 11.4. The molecule has 0 saturated carbocycles. The number of alkyl halides is 1. The molecule has 3 heteroatoms. The van der Waals surface area contributed by atoms with Crippen LogP contribution in [0.3, 0.4) is 0 Å². The maximum atomic E-state index is 5.34. The zero-order chi connectivity index (χ0) is 16.1. The molecule has 0 amide bonds. The maximum Gasteiger partial charge on any atom is 0.157 e. The van der Waals surface area contributed by atoms with Crippen molar-refractivity contribution >= 4 is 46.2 Å². The smallest absolute Gasteiger partial charge is 0.157 e. The standard InChI is InChI=1S/C20H19IOSi/c1-22-17-12-14-20(15-13-17)23(16-21,18-8-4-2-5-9-18)19-10-6-3-7-11-19/h2-15H,16H2,1H3. The van der Waals surface area contributed by atoms with Crippen molar-refractivity contribution in [2.24, 2.45) is 0 Å². The van der Waals surface area contributed by atoms with Gasteiger partial charge in [0.15, 0.2) is 8.07 Å². The van der Waals surface area contributed by atoms with Crippen LogP contribution in [0.5, 0.6) is 5.75 Å². The van der Waals surface area contributed by atoms with Crippen molar-refractivity contribution in [2.45, 2.75) is 0 Å². The van der Waals surface area contributed by atoms with Crippen LogP contribution in [0.15, 0.2) is 84.9 Å². The molecule has 1 nitrogen and oxygen atoms in total. The summed E-state index contributed by atoms with van der Waals surface area (Å²) in [7, 11) is -0.288. The van der Waals surface area contributed by atoms with Gasteiger partial charge in [0.25, 0.3) is 0 Å². The molecule has 0 aromatic heterocycles. The highest BCUT2D eigenvalue weighted by atomic mass is 127. The summed E-state index contributed by atoms with van der Waals surface area (Å²) >= 11 is 2.56. The van der Waals surface area contributed by atoms with Crippen molar-refractivity contribution in [2.75, 3.05) is 11.2 Å². The minimum atomic E-state index is -2.00. The number of ether oxygens (including phenoxy) is 1. The van der Waals surface area contributed by atoms with Crippen LogP contribution >= 0.6 is 22.6 Å². The summed E-state index contributed by atoms with van der Waals surface area (Å²) in [4.78, 5) is 0. The second kappa shape index (κ2) is 7.32. The Kier molecular flexibility index (Phi) is 5.18. The summed E-state index contributed by atoms with van der Waals surface area (Å²) in [6.07, 6.45) is 0. The van der Waals surface area contributed by atoms with Gasteiger partial charge in [-0.3, -0.25) is 0 Å². The van der Waals surface area contributed by atoms with Gasteiger partial charge in [0.1, 0.15) is 5.75 Å². The van der Waals surface area contributed by atoms with Crippen molar-refractivity contribution < 1.29 is 4.74 Å². The molecule has 0 heterocycles. The monoisotopic (exact) mass is 430 g/mol. The molecule has 3 aromatic rings. The minimum Gasteiger partial charge on any atom is -0.497 e. The second-order valence-electron chi connectivity index (χ2n) is 5.50. The van der Waals surface area contributed by atoms with Gasteiger partial charge in [-0.1, -0.05) is 95.4 Å². The van der Waals surface area contributed by atoms with Crippen molar-refractivity contribution in [1.82, 2.24) is 0 Å². The van der Waals surface area contributed by atoms with Gasteiger partial charge in [-0.2, -0.15) is 0 Å². The SMILES string of the molecule is COc1ccc([Si](CI)(c2ccccc2)c2ccccc2)cc1. The molecule has 0 aliphatic rings. The predicted molar refractivity (Wildman–Crippen MR) is 109 cm³/mol. The summed E-state index contributed by atoms with van der Waals surface area (Å²) in [6.45, 7) is 0. The van der Waals surface area contributed by atoms with Crippen LogP contribution in [0.4, 0.5) is 0 Å². The molecule has 0 unspecified atom stereocenters. The fraction of sp³-hybridized carbons (Fsp3) is 0.100. The molecular weight excluding hydrogens is 411 g/mol. The molecule has 0 radical (unpaired) electrons. The van der Waals surface area contributed by atoms with Crippen LogP contribution in [0.25, 0.3) is 0 Å². The van der Waals surface area contributed by atoms with Crippen molar-refractivity contribution in [3.63, 3.8) is 0 Å². The lowest BCUT2D eigenvalue weighted by Crippen LogP contribution is -2.68. The number of rotatable bonds is 5. The van der Waals surface area contributed by atoms with Gasteiger partial charge >= 0.3 is 0 Å². The first-order chi connectivity index (χ1) is 11.3. The lowest BCUT2D eigenvalue weighted by atomic mass is 10.3. The van der Waals surface area contributed by atoms with Crippen LogP contribution in [-0.2, 0) is 0 Å². The number of benzene rings is 3. The third-order valence-corrected chi connectivity index (χ3v) is 12.1. The minimum absolute atomic E-state index is 0.909. The summed E-state index contributed by atoms with van der Waals surface area (Å²) in [5.41, 5.74) is 0. The molecule has 0 aliphatic carbocycles. The molecule has 0 fully saturated rings. The van der Waals surface area contributed by atoms with E-state index in [1.54, 1.807) is 7.11 Å². The van der Waals surface area contributed by atoms with Crippen LogP contribution < -0.4 is 20.3 Å². The Morgan fingerprint density at radius 1 is 0.696 bits per heavy atom. The van der Waals surface area contributed by atoms with E-state index in [1.165, 1.54) is 15.6 Å². The van der Waals surface area contributed by atoms with Gasteiger partial charge in [-0.25, -0.2) is 0 Å². The van der Waals surface area contributed by atoms with Gasteiger partial charge in [0.05, 0.1) is 7.11 Å². The number of hydrogen-bond donors (Lipinski definition) is 0. The zero-order valence-corrected chi connectivity index (χ0v) is 16.2. The molecule has 116 valence electrons. The third-order valence-electron chi connectivity index (χ3n) is 4.32. The van der Waals surface area contributed by atoms with E-state index >= 15 is 0 Å². The van der Waals surface area contributed by atoms with Gasteiger partial charge in [0.2, 0.25) is 0 Å². The van der Waals surface area contributed by atoms with E-state index in [1.807, 2.05) is 0 Å². The molecular formula is C20H19IOSi. The first kappa shape index (κ1) is 16.3. The fourth-order valence-corrected chi connectivity index (χ4v) is 10.7. The zero-order valence-electron chi connectivity index (χ0n) is 13.1. The number of methoxy groups -OCH3 is 1. The van der Waals surface area contributed by atoms with Crippen molar-refractivity contribution in [3.05, 3.63) is 84.9 Å². The van der Waals surface area contributed by atoms with E-state index < -0.39 is 8.07 Å². The van der Waals surface area contributed by atoms with E-state index in [0.717, 1.165) is 9.80 Å². The Bertz CT molecular complexity index is 702. The molecule has 0 N–H and O–H groups in total. The normalized spacial score (nSPS) is 11.2. The maximum absolute atomic E-state index is 5.34. The quantitative estimate of drug-likeness (QED) is 0.262. The van der Waals surface area contributed by atoms with E-state index in [9.17, 15) is 0 Å². The van der Waals surface area contributed by atoms with Gasteiger partial charge in [0, 0.05) is 4.05 Å². The topological polar surface area (TPSA) is 9.23 Å². The molecule has 0 saturated heterocycles. The first-order valence-electron chi connectivity index (χ1n) is 7.63. The molecule has 3 aromatic carbocycles. The average Bonchev–Trinajstić information content (AvgIpc) is 2.65. The van der Waals surface area contributed by atoms with E-state index in [2.05, 4.69) is 108 Å². The van der Waals surface area contributed by atoms with Gasteiger partial charge < -0.3 is 4.74 Å². The number of hydrogen-bond acceptors (Lipinski definition) is 1. The molecule has 0 spiro atoms. The molecule has 0 aliphatic heterocycles. The Morgan fingerprint density at radius 2 is 1.13 bits per heavy atom. The summed E-state index contributed by atoms with van der Waals surface area (Å²) in [5, 5.41) is 4.32. The van der Waals surface area contributed by atoms with Crippen LogP contribution in [0, 0.1) is 0 Å². The fourth-order valence-electron chi connectivity index (χ4n) is 3.05. The van der Waals surface area contributed by atoms with Gasteiger partial charge in [-0.15, -0.1) is 0 Å². The Morgan fingerprint density at radius 3 is 1.52 bits per heavy atom. The van der Waals surface area contributed by atoms with Crippen LogP contribution in [0.1, 0.15) is 0 Å². The average molecular weight is 430 g/mol. The van der Waals surface area contributed by atoms with Crippen molar-refractivity contribution in [3.8, 4) is 5.75 Å². The largest absolute Gasteiger partial charge is 0.497 e. The van der Waals surface area contributed by atoms with Crippen molar-refractivity contribution in [1.29, 1.82) is 0 Å². The Hall–Kier alpha value is -1.59. The summed E-state index contributed by atoms with van der Waals surface area (Å²) < 4.78 is 6.44. The van der Waals surface area contributed by atoms with E-state index in [-0.39, 0.29) is 0 Å². The number of halogens is 1. The van der Waals surface area contributed by atoms with Gasteiger partial charge in [-0.05, 0) is 27.7 Å². The molecule has 0 atom stereocenters. The molecule has 23 heavy (non-hydrogen) atoms.